The van der Waals surface area contributed by atoms with E-state index in [0.29, 0.717) is 12.4 Å². The lowest BCUT2D eigenvalue weighted by atomic mass is 10.1. The van der Waals surface area contributed by atoms with Crippen LogP contribution in [0.25, 0.3) is 0 Å². The molecule has 2 aromatic rings. The average molecular weight is 309 g/mol. The SMILES string of the molecule is Cc1ccc(N2CC(C(=O)Nc3ccc(C)cn3)CC2=O)cc1. The Labute approximate surface area is 135 Å². The van der Waals surface area contributed by atoms with Gasteiger partial charge in [0.1, 0.15) is 5.82 Å². The largest absolute Gasteiger partial charge is 0.312 e. The molecule has 1 aromatic carbocycles. The van der Waals surface area contributed by atoms with Gasteiger partial charge in [-0.3, -0.25) is 9.59 Å². The molecule has 1 aliphatic rings. The fraction of sp³-hybridized carbons (Fsp3) is 0.278. The predicted molar refractivity (Wildman–Crippen MR) is 89.2 cm³/mol. The van der Waals surface area contributed by atoms with Gasteiger partial charge in [0.25, 0.3) is 0 Å². The van der Waals surface area contributed by atoms with E-state index >= 15 is 0 Å². The molecule has 5 heteroatoms. The normalized spacial score (nSPS) is 17.4. The van der Waals surface area contributed by atoms with Gasteiger partial charge < -0.3 is 10.2 Å². The predicted octanol–water partition coefficient (Wildman–Crippen LogP) is 2.69. The minimum atomic E-state index is -0.355. The lowest BCUT2D eigenvalue weighted by Crippen LogP contribution is -2.28. The summed E-state index contributed by atoms with van der Waals surface area (Å²) in [6.45, 7) is 4.34. The Hall–Kier alpha value is -2.69. The van der Waals surface area contributed by atoms with Crippen LogP contribution in [0, 0.1) is 19.8 Å². The molecule has 0 spiro atoms. The van der Waals surface area contributed by atoms with Crippen molar-refractivity contribution in [3.63, 3.8) is 0 Å². The van der Waals surface area contributed by atoms with Crippen LogP contribution in [0.2, 0.25) is 0 Å². The van der Waals surface area contributed by atoms with Crippen molar-refractivity contribution < 1.29 is 9.59 Å². The second-order valence-electron chi connectivity index (χ2n) is 5.95. The maximum Gasteiger partial charge on any atom is 0.230 e. The zero-order valence-corrected chi connectivity index (χ0v) is 13.2. The molecule has 23 heavy (non-hydrogen) atoms. The molecule has 1 aromatic heterocycles. The highest BCUT2D eigenvalue weighted by molar-refractivity contribution is 6.03. The summed E-state index contributed by atoms with van der Waals surface area (Å²) in [5.41, 5.74) is 3.01. The Morgan fingerprint density at radius 2 is 1.83 bits per heavy atom. The number of rotatable bonds is 3. The number of nitrogens with one attached hydrogen (secondary N) is 1. The Balaban J connectivity index is 1.68. The van der Waals surface area contributed by atoms with Crippen LogP contribution in [0.4, 0.5) is 11.5 Å². The highest BCUT2D eigenvalue weighted by atomic mass is 16.2. The number of amides is 2. The number of benzene rings is 1. The third-order valence-corrected chi connectivity index (χ3v) is 4.00. The highest BCUT2D eigenvalue weighted by Crippen LogP contribution is 2.26. The average Bonchev–Trinajstić information content (AvgIpc) is 2.92. The quantitative estimate of drug-likeness (QED) is 0.948. The lowest BCUT2D eigenvalue weighted by molar-refractivity contribution is -0.122. The molecule has 2 amide bonds. The number of carbonyl (C=O) groups is 2. The smallest absolute Gasteiger partial charge is 0.230 e. The maximum absolute atomic E-state index is 12.3. The first-order valence-corrected chi connectivity index (χ1v) is 7.63. The molecular weight excluding hydrogens is 290 g/mol. The van der Waals surface area contributed by atoms with E-state index in [-0.39, 0.29) is 24.2 Å². The van der Waals surface area contributed by atoms with Gasteiger partial charge in [-0.05, 0) is 37.6 Å². The van der Waals surface area contributed by atoms with Gasteiger partial charge in [0.05, 0.1) is 5.92 Å². The fourth-order valence-corrected chi connectivity index (χ4v) is 2.63. The van der Waals surface area contributed by atoms with E-state index in [1.165, 1.54) is 0 Å². The van der Waals surface area contributed by atoms with Gasteiger partial charge in [0.2, 0.25) is 11.8 Å². The highest BCUT2D eigenvalue weighted by Gasteiger charge is 2.35. The zero-order chi connectivity index (χ0) is 16.4. The van der Waals surface area contributed by atoms with Gasteiger partial charge in [-0.15, -0.1) is 0 Å². The monoisotopic (exact) mass is 309 g/mol. The van der Waals surface area contributed by atoms with E-state index < -0.39 is 0 Å². The van der Waals surface area contributed by atoms with E-state index in [9.17, 15) is 9.59 Å². The van der Waals surface area contributed by atoms with Crippen molar-refractivity contribution in [1.29, 1.82) is 0 Å². The zero-order valence-electron chi connectivity index (χ0n) is 13.2. The molecule has 1 N–H and O–H groups in total. The minimum absolute atomic E-state index is 0.0223. The maximum atomic E-state index is 12.3. The van der Waals surface area contributed by atoms with Crippen LogP contribution in [0.1, 0.15) is 17.5 Å². The van der Waals surface area contributed by atoms with Gasteiger partial charge in [-0.2, -0.15) is 0 Å². The van der Waals surface area contributed by atoms with Crippen molar-refractivity contribution in [2.75, 3.05) is 16.8 Å². The topological polar surface area (TPSA) is 62.3 Å². The first-order chi connectivity index (χ1) is 11.0. The molecule has 0 radical (unpaired) electrons. The second-order valence-corrected chi connectivity index (χ2v) is 5.95. The van der Waals surface area contributed by atoms with Crippen LogP contribution in [-0.4, -0.2) is 23.3 Å². The molecule has 1 aliphatic heterocycles. The number of carbonyl (C=O) groups excluding carboxylic acids is 2. The number of aryl methyl sites for hydroxylation is 2. The second kappa shape index (κ2) is 6.20. The third-order valence-electron chi connectivity index (χ3n) is 4.00. The number of hydrogen-bond acceptors (Lipinski definition) is 3. The summed E-state index contributed by atoms with van der Waals surface area (Å²) < 4.78 is 0. The molecule has 0 bridgehead atoms. The molecule has 5 nitrogen and oxygen atoms in total. The van der Waals surface area contributed by atoms with Crippen LogP contribution in [0.15, 0.2) is 42.6 Å². The van der Waals surface area contributed by atoms with Gasteiger partial charge in [0.15, 0.2) is 0 Å². The summed E-state index contributed by atoms with van der Waals surface area (Å²) in [4.78, 5) is 30.4. The summed E-state index contributed by atoms with van der Waals surface area (Å²) >= 11 is 0. The Morgan fingerprint density at radius 3 is 2.48 bits per heavy atom. The Bertz CT molecular complexity index is 723. The van der Waals surface area contributed by atoms with E-state index in [4.69, 9.17) is 0 Å². The Morgan fingerprint density at radius 1 is 1.13 bits per heavy atom. The number of aromatic nitrogens is 1. The number of pyridine rings is 1. The molecule has 1 saturated heterocycles. The van der Waals surface area contributed by atoms with E-state index in [2.05, 4.69) is 10.3 Å². The summed E-state index contributed by atoms with van der Waals surface area (Å²) in [5, 5.41) is 2.78. The van der Waals surface area contributed by atoms with Crippen molar-refractivity contribution >= 4 is 23.3 Å². The van der Waals surface area contributed by atoms with Crippen molar-refractivity contribution in [2.24, 2.45) is 5.92 Å². The molecule has 2 heterocycles. The Kier molecular flexibility index (Phi) is 4.10. The van der Waals surface area contributed by atoms with Gasteiger partial charge >= 0.3 is 0 Å². The summed E-state index contributed by atoms with van der Waals surface area (Å²) in [6.07, 6.45) is 1.93. The number of anilines is 2. The van der Waals surface area contributed by atoms with Crippen LogP contribution >= 0.6 is 0 Å². The summed E-state index contributed by atoms with van der Waals surface area (Å²) in [6, 6.07) is 11.4. The molecule has 1 unspecified atom stereocenters. The summed E-state index contributed by atoms with van der Waals surface area (Å²) in [7, 11) is 0. The van der Waals surface area contributed by atoms with Gasteiger partial charge in [0, 0.05) is 24.8 Å². The summed E-state index contributed by atoms with van der Waals surface area (Å²) in [5.74, 6) is -0.0241. The number of nitrogens with zero attached hydrogens (tertiary/aromatic N) is 2. The van der Waals surface area contributed by atoms with E-state index in [1.54, 1.807) is 17.2 Å². The van der Waals surface area contributed by atoms with Crippen LogP contribution in [-0.2, 0) is 9.59 Å². The molecule has 0 saturated carbocycles. The third kappa shape index (κ3) is 3.39. The van der Waals surface area contributed by atoms with Crippen LogP contribution < -0.4 is 10.2 Å². The van der Waals surface area contributed by atoms with E-state index in [1.807, 2.05) is 44.2 Å². The van der Waals surface area contributed by atoms with Crippen molar-refractivity contribution in [3.05, 3.63) is 53.7 Å². The fourth-order valence-electron chi connectivity index (χ4n) is 2.63. The molecule has 0 aliphatic carbocycles. The molecular formula is C18H19N3O2. The standard InChI is InChI=1S/C18H19N3O2/c1-12-3-6-15(7-4-12)21-11-14(9-17(21)22)18(23)20-16-8-5-13(2)10-19-16/h3-8,10,14H,9,11H2,1-2H3,(H,19,20,23). The molecule has 118 valence electrons. The first-order valence-electron chi connectivity index (χ1n) is 7.63. The van der Waals surface area contributed by atoms with Crippen molar-refractivity contribution in [2.45, 2.75) is 20.3 Å². The van der Waals surface area contributed by atoms with Crippen molar-refractivity contribution in [3.8, 4) is 0 Å². The number of hydrogen-bond donors (Lipinski definition) is 1. The first kappa shape index (κ1) is 15.2. The van der Waals surface area contributed by atoms with Gasteiger partial charge in [-0.1, -0.05) is 23.8 Å². The lowest BCUT2D eigenvalue weighted by Gasteiger charge is -2.16. The van der Waals surface area contributed by atoms with Gasteiger partial charge in [-0.25, -0.2) is 4.98 Å². The minimum Gasteiger partial charge on any atom is -0.312 e. The van der Waals surface area contributed by atoms with Crippen molar-refractivity contribution in [1.82, 2.24) is 4.98 Å². The molecule has 1 atom stereocenters. The van der Waals surface area contributed by atoms with Crippen LogP contribution in [0.3, 0.4) is 0 Å². The molecule has 1 fully saturated rings. The molecule has 3 rings (SSSR count). The van der Waals surface area contributed by atoms with Crippen LogP contribution in [0.5, 0.6) is 0 Å². The van der Waals surface area contributed by atoms with E-state index in [0.717, 1.165) is 16.8 Å².